The summed E-state index contributed by atoms with van der Waals surface area (Å²) < 4.78 is 1.77. The molecule has 0 saturated heterocycles. The van der Waals surface area contributed by atoms with Crippen LogP contribution >= 0.6 is 0 Å². The Hall–Kier alpha value is -2.89. The lowest BCUT2D eigenvalue weighted by molar-refractivity contribution is -0.268. The van der Waals surface area contributed by atoms with Gasteiger partial charge in [-0.15, -0.1) is 5.75 Å². The summed E-state index contributed by atoms with van der Waals surface area (Å²) in [6.45, 7) is 9.17. The minimum absolute atomic E-state index is 0.0412. The Morgan fingerprint density at radius 2 is 1.81 bits per heavy atom. The lowest BCUT2D eigenvalue weighted by Gasteiger charge is -2.18. The number of likely N-dealkylation sites (N-methyl/N-ethyl adjacent to an activating group) is 1. The maximum atomic E-state index is 12.7. The number of aryl methyl sites for hydroxylation is 2. The first-order valence-electron chi connectivity index (χ1n) is 8.85. The van der Waals surface area contributed by atoms with E-state index < -0.39 is 0 Å². The Labute approximate surface area is 153 Å². The van der Waals surface area contributed by atoms with Gasteiger partial charge in [0.1, 0.15) is 0 Å². The van der Waals surface area contributed by atoms with E-state index >= 15 is 0 Å². The molecule has 0 aliphatic carbocycles. The van der Waals surface area contributed by atoms with Gasteiger partial charge in [0, 0.05) is 18.7 Å². The molecule has 26 heavy (non-hydrogen) atoms. The molecule has 0 N–H and O–H groups in total. The van der Waals surface area contributed by atoms with E-state index in [0.29, 0.717) is 18.8 Å². The zero-order chi connectivity index (χ0) is 18.8. The molecule has 0 radical (unpaired) electrons. The van der Waals surface area contributed by atoms with Gasteiger partial charge < -0.3 is 10.0 Å². The minimum atomic E-state index is -0.0524. The summed E-state index contributed by atoms with van der Waals surface area (Å²) >= 11 is 0. The molecule has 0 spiro atoms. The number of amides is 1. The summed E-state index contributed by atoms with van der Waals surface area (Å²) in [6.07, 6.45) is 0.215. The first-order chi connectivity index (χ1) is 12.4. The van der Waals surface area contributed by atoms with Gasteiger partial charge in [0.05, 0.1) is 23.5 Å². The third-order valence-electron chi connectivity index (χ3n) is 4.55. The predicted octanol–water partition coefficient (Wildman–Crippen LogP) is 2.50. The molecule has 1 aromatic carbocycles. The van der Waals surface area contributed by atoms with Gasteiger partial charge in [0.15, 0.2) is 5.65 Å². The van der Waals surface area contributed by atoms with Crippen molar-refractivity contribution in [3.63, 3.8) is 0 Å². The third kappa shape index (κ3) is 3.27. The standard InChI is InChI=1S/C20H24N4O2/c1-5-23(6-2)18(26)12-17-19(15-7-9-16(25)10-8-15)21-20-13(3)11-14(4)22-24(17)20/h7-11,25H,5-6,12H2,1-4H3/p-1. The largest absolute Gasteiger partial charge is 0.872 e. The van der Waals surface area contributed by atoms with E-state index in [1.54, 1.807) is 21.5 Å². The summed E-state index contributed by atoms with van der Waals surface area (Å²) in [6, 6.07) is 8.50. The Balaban J connectivity index is 2.18. The van der Waals surface area contributed by atoms with Crippen molar-refractivity contribution < 1.29 is 9.90 Å². The van der Waals surface area contributed by atoms with Crippen LogP contribution in [0.4, 0.5) is 0 Å². The number of aromatic nitrogens is 3. The molecule has 3 aromatic rings. The van der Waals surface area contributed by atoms with E-state index in [1.807, 2.05) is 33.8 Å². The lowest BCUT2D eigenvalue weighted by atomic mass is 10.1. The van der Waals surface area contributed by atoms with Crippen molar-refractivity contribution in [2.45, 2.75) is 34.1 Å². The molecule has 0 atom stereocenters. The van der Waals surface area contributed by atoms with E-state index in [-0.39, 0.29) is 18.1 Å². The maximum absolute atomic E-state index is 12.7. The summed E-state index contributed by atoms with van der Waals surface area (Å²) in [5.41, 5.74) is 4.87. The first kappa shape index (κ1) is 17.9. The lowest BCUT2D eigenvalue weighted by Crippen LogP contribution is -2.32. The fourth-order valence-electron chi connectivity index (χ4n) is 3.21. The van der Waals surface area contributed by atoms with Crippen molar-refractivity contribution in [3.05, 3.63) is 47.3 Å². The summed E-state index contributed by atoms with van der Waals surface area (Å²) in [7, 11) is 0. The Morgan fingerprint density at radius 1 is 1.15 bits per heavy atom. The van der Waals surface area contributed by atoms with Crippen molar-refractivity contribution >= 4 is 11.6 Å². The Kier molecular flexibility index (Phi) is 4.93. The number of hydrogen-bond acceptors (Lipinski definition) is 4. The highest BCUT2D eigenvalue weighted by Gasteiger charge is 2.21. The molecule has 3 rings (SSSR count). The van der Waals surface area contributed by atoms with Crippen LogP contribution in [-0.2, 0) is 11.2 Å². The Morgan fingerprint density at radius 3 is 2.42 bits per heavy atom. The van der Waals surface area contributed by atoms with Gasteiger partial charge in [0.2, 0.25) is 5.91 Å². The average molecular weight is 351 g/mol. The van der Waals surface area contributed by atoms with Crippen LogP contribution in [0.25, 0.3) is 16.9 Å². The molecule has 0 aliphatic rings. The van der Waals surface area contributed by atoms with Crippen LogP contribution in [0.1, 0.15) is 30.8 Å². The number of rotatable bonds is 5. The predicted molar refractivity (Wildman–Crippen MR) is 99.0 cm³/mol. The molecule has 6 heteroatoms. The van der Waals surface area contributed by atoms with Crippen molar-refractivity contribution in [1.82, 2.24) is 19.5 Å². The van der Waals surface area contributed by atoms with Gasteiger partial charge in [-0.3, -0.25) is 4.79 Å². The highest BCUT2D eigenvalue weighted by molar-refractivity contribution is 5.81. The summed E-state index contributed by atoms with van der Waals surface area (Å²) in [4.78, 5) is 19.3. The van der Waals surface area contributed by atoms with Crippen LogP contribution in [0.3, 0.4) is 0 Å². The molecule has 2 aromatic heterocycles. The fourth-order valence-corrected chi connectivity index (χ4v) is 3.21. The molecule has 2 heterocycles. The number of carbonyl (C=O) groups excluding carboxylic acids is 1. The van der Waals surface area contributed by atoms with Gasteiger partial charge in [0.25, 0.3) is 0 Å². The second kappa shape index (κ2) is 7.15. The summed E-state index contributed by atoms with van der Waals surface area (Å²) in [5.74, 6) is -0.0112. The van der Waals surface area contributed by atoms with Crippen LogP contribution in [0.5, 0.6) is 5.75 Å². The molecule has 1 amide bonds. The number of nitrogens with zero attached hydrogens (tertiary/aromatic N) is 4. The zero-order valence-corrected chi connectivity index (χ0v) is 15.6. The van der Waals surface area contributed by atoms with Gasteiger partial charge in [-0.05, 0) is 39.3 Å². The van der Waals surface area contributed by atoms with Crippen molar-refractivity contribution in [1.29, 1.82) is 0 Å². The van der Waals surface area contributed by atoms with Crippen LogP contribution in [0.2, 0.25) is 0 Å². The molecule has 0 fully saturated rings. The first-order valence-corrected chi connectivity index (χ1v) is 8.85. The molecular weight excluding hydrogens is 328 g/mol. The van der Waals surface area contributed by atoms with Crippen molar-refractivity contribution in [3.8, 4) is 17.0 Å². The smallest absolute Gasteiger partial charge is 0.228 e. The second-order valence-corrected chi connectivity index (χ2v) is 6.38. The zero-order valence-electron chi connectivity index (χ0n) is 15.6. The highest BCUT2D eigenvalue weighted by atomic mass is 16.3. The Bertz CT molecular complexity index is 941. The minimum Gasteiger partial charge on any atom is -0.872 e. The molecule has 6 nitrogen and oxygen atoms in total. The third-order valence-corrected chi connectivity index (χ3v) is 4.55. The second-order valence-electron chi connectivity index (χ2n) is 6.38. The van der Waals surface area contributed by atoms with E-state index in [2.05, 4.69) is 5.10 Å². The van der Waals surface area contributed by atoms with Crippen LogP contribution < -0.4 is 5.11 Å². The van der Waals surface area contributed by atoms with E-state index in [0.717, 1.165) is 28.2 Å². The molecule has 0 saturated carbocycles. The van der Waals surface area contributed by atoms with Crippen LogP contribution in [0.15, 0.2) is 30.3 Å². The van der Waals surface area contributed by atoms with Crippen molar-refractivity contribution in [2.75, 3.05) is 13.1 Å². The van der Waals surface area contributed by atoms with Crippen molar-refractivity contribution in [2.24, 2.45) is 0 Å². The van der Waals surface area contributed by atoms with E-state index in [1.165, 1.54) is 12.1 Å². The average Bonchev–Trinajstić information content (AvgIpc) is 2.95. The molecule has 136 valence electrons. The van der Waals surface area contributed by atoms with Gasteiger partial charge in [-0.25, -0.2) is 9.50 Å². The summed E-state index contributed by atoms with van der Waals surface area (Å²) in [5, 5.41) is 16.0. The SMILES string of the molecule is CCN(CC)C(=O)Cc1c(-c2ccc([O-])cc2)nc2c(C)cc(C)nn12. The topological polar surface area (TPSA) is 73.6 Å². The van der Waals surface area contributed by atoms with Crippen LogP contribution in [-0.4, -0.2) is 38.5 Å². The maximum Gasteiger partial charge on any atom is 0.228 e. The molecular formula is C20H23N4O2-. The number of imidazole rings is 1. The number of fused-ring (bicyclic) bond motifs is 1. The van der Waals surface area contributed by atoms with E-state index in [9.17, 15) is 9.90 Å². The van der Waals surface area contributed by atoms with Gasteiger partial charge >= 0.3 is 0 Å². The number of hydrogen-bond donors (Lipinski definition) is 0. The molecule has 0 unspecified atom stereocenters. The van der Waals surface area contributed by atoms with Gasteiger partial charge in [-0.1, -0.05) is 24.3 Å². The molecule has 0 aliphatic heterocycles. The van der Waals surface area contributed by atoms with Gasteiger partial charge in [-0.2, -0.15) is 5.10 Å². The van der Waals surface area contributed by atoms with E-state index in [4.69, 9.17) is 4.98 Å². The number of benzene rings is 1. The number of carbonyl (C=O) groups is 1. The normalized spacial score (nSPS) is 11.1. The fraction of sp³-hybridized carbons (Fsp3) is 0.350. The monoisotopic (exact) mass is 351 g/mol. The van der Waals surface area contributed by atoms with Crippen LogP contribution in [0, 0.1) is 13.8 Å². The highest BCUT2D eigenvalue weighted by Crippen LogP contribution is 2.27. The quantitative estimate of drug-likeness (QED) is 0.708. The molecule has 0 bridgehead atoms.